The molecule has 0 saturated carbocycles. The molecule has 6 nitrogen and oxygen atoms in total. The SMILES string of the molecule is O=C1Nc2ccccc2C1=C1OCc2cc(CCN3CC[C@H](O)[C@H](O)C3)ccc21. The first-order chi connectivity index (χ1) is 14.1. The first kappa shape index (κ1) is 18.4. The number of carbonyl (C=O) groups excluding carboxylic acids is 1. The van der Waals surface area contributed by atoms with E-state index in [4.69, 9.17) is 4.74 Å². The van der Waals surface area contributed by atoms with E-state index in [1.54, 1.807) is 0 Å². The van der Waals surface area contributed by atoms with Gasteiger partial charge in [-0.3, -0.25) is 4.79 Å². The minimum absolute atomic E-state index is 0.121. The first-order valence-corrected chi connectivity index (χ1v) is 10.1. The van der Waals surface area contributed by atoms with Crippen molar-refractivity contribution in [1.29, 1.82) is 0 Å². The van der Waals surface area contributed by atoms with Crippen molar-refractivity contribution in [1.82, 2.24) is 4.90 Å². The normalized spacial score (nSPS) is 26.1. The number of para-hydroxylation sites is 1. The number of ether oxygens (including phenoxy) is 1. The Morgan fingerprint density at radius 1 is 1.10 bits per heavy atom. The molecule has 0 bridgehead atoms. The minimum atomic E-state index is -0.660. The van der Waals surface area contributed by atoms with Crippen LogP contribution in [0.2, 0.25) is 0 Å². The van der Waals surface area contributed by atoms with Gasteiger partial charge in [0.25, 0.3) is 5.91 Å². The minimum Gasteiger partial charge on any atom is -0.487 e. The average Bonchev–Trinajstić information content (AvgIpc) is 3.28. The second kappa shape index (κ2) is 7.30. The maximum Gasteiger partial charge on any atom is 0.260 e. The van der Waals surface area contributed by atoms with Gasteiger partial charge in [0.15, 0.2) is 0 Å². The van der Waals surface area contributed by atoms with Gasteiger partial charge in [-0.15, -0.1) is 0 Å². The number of aliphatic hydroxyl groups excluding tert-OH is 2. The number of aliphatic hydroxyl groups is 2. The van der Waals surface area contributed by atoms with Crippen LogP contribution in [0.1, 0.15) is 28.7 Å². The molecule has 2 atom stereocenters. The molecule has 3 aliphatic heterocycles. The maximum absolute atomic E-state index is 12.5. The van der Waals surface area contributed by atoms with Gasteiger partial charge >= 0.3 is 0 Å². The number of hydrogen-bond donors (Lipinski definition) is 3. The Labute approximate surface area is 169 Å². The van der Waals surface area contributed by atoms with Crippen LogP contribution in [0.5, 0.6) is 0 Å². The molecule has 5 rings (SSSR count). The highest BCUT2D eigenvalue weighted by Crippen LogP contribution is 2.41. The van der Waals surface area contributed by atoms with Crippen LogP contribution in [0.4, 0.5) is 5.69 Å². The van der Waals surface area contributed by atoms with E-state index < -0.39 is 12.2 Å². The number of likely N-dealkylation sites (tertiary alicyclic amines) is 1. The summed E-state index contributed by atoms with van der Waals surface area (Å²) in [5.41, 5.74) is 5.59. The molecule has 0 unspecified atom stereocenters. The summed E-state index contributed by atoms with van der Waals surface area (Å²) in [6.07, 6.45) is 0.213. The van der Waals surface area contributed by atoms with Crippen LogP contribution in [0.25, 0.3) is 11.3 Å². The summed E-state index contributed by atoms with van der Waals surface area (Å²) in [6, 6.07) is 14.0. The Morgan fingerprint density at radius 2 is 1.97 bits per heavy atom. The molecule has 1 amide bonds. The molecule has 3 N–H and O–H groups in total. The number of hydrogen-bond acceptors (Lipinski definition) is 5. The topological polar surface area (TPSA) is 82.0 Å². The number of anilines is 1. The zero-order valence-corrected chi connectivity index (χ0v) is 16.1. The largest absolute Gasteiger partial charge is 0.487 e. The quantitative estimate of drug-likeness (QED) is 0.696. The van der Waals surface area contributed by atoms with E-state index in [0.717, 1.165) is 41.9 Å². The monoisotopic (exact) mass is 392 g/mol. The molecule has 6 heteroatoms. The highest BCUT2D eigenvalue weighted by atomic mass is 16.5. The summed E-state index contributed by atoms with van der Waals surface area (Å²) >= 11 is 0. The van der Waals surface area contributed by atoms with Gasteiger partial charge in [0.1, 0.15) is 12.4 Å². The Hall–Kier alpha value is -2.67. The van der Waals surface area contributed by atoms with Gasteiger partial charge in [-0.05, 0) is 24.5 Å². The molecule has 0 aliphatic carbocycles. The van der Waals surface area contributed by atoms with Gasteiger partial charge in [0, 0.05) is 42.0 Å². The van der Waals surface area contributed by atoms with Gasteiger partial charge < -0.3 is 25.2 Å². The fraction of sp³-hybridized carbons (Fsp3) is 0.348. The van der Waals surface area contributed by atoms with E-state index in [9.17, 15) is 15.0 Å². The van der Waals surface area contributed by atoms with Crippen molar-refractivity contribution in [3.05, 3.63) is 64.7 Å². The van der Waals surface area contributed by atoms with Crippen LogP contribution in [-0.2, 0) is 22.6 Å². The molecule has 3 aliphatic rings. The zero-order chi connectivity index (χ0) is 20.0. The maximum atomic E-state index is 12.5. The van der Waals surface area contributed by atoms with Gasteiger partial charge in [-0.25, -0.2) is 0 Å². The molecule has 1 saturated heterocycles. The Kier molecular flexibility index (Phi) is 4.62. The Morgan fingerprint density at radius 3 is 2.83 bits per heavy atom. The van der Waals surface area contributed by atoms with Crippen LogP contribution in [0, 0.1) is 0 Å². The van der Waals surface area contributed by atoms with Crippen LogP contribution >= 0.6 is 0 Å². The molecule has 0 aromatic heterocycles. The van der Waals surface area contributed by atoms with E-state index in [-0.39, 0.29) is 5.91 Å². The fourth-order valence-electron chi connectivity index (χ4n) is 4.40. The van der Waals surface area contributed by atoms with Crippen molar-refractivity contribution in [2.75, 3.05) is 25.0 Å². The summed E-state index contributed by atoms with van der Waals surface area (Å²) in [7, 11) is 0. The third kappa shape index (κ3) is 3.33. The second-order valence-electron chi connectivity index (χ2n) is 7.96. The van der Waals surface area contributed by atoms with E-state index >= 15 is 0 Å². The van der Waals surface area contributed by atoms with Crippen LogP contribution in [0.3, 0.4) is 0 Å². The third-order valence-electron chi connectivity index (χ3n) is 6.03. The lowest BCUT2D eigenvalue weighted by molar-refractivity contribution is -0.110. The highest BCUT2D eigenvalue weighted by molar-refractivity contribution is 6.36. The molecule has 2 aromatic carbocycles. The molecular formula is C23H24N2O4. The van der Waals surface area contributed by atoms with Crippen molar-refractivity contribution in [3.63, 3.8) is 0 Å². The summed E-state index contributed by atoms with van der Waals surface area (Å²) < 4.78 is 5.96. The second-order valence-corrected chi connectivity index (χ2v) is 7.96. The molecule has 29 heavy (non-hydrogen) atoms. The smallest absolute Gasteiger partial charge is 0.260 e. The lowest BCUT2D eigenvalue weighted by Crippen LogP contribution is -2.47. The highest BCUT2D eigenvalue weighted by Gasteiger charge is 2.32. The van der Waals surface area contributed by atoms with E-state index in [1.807, 2.05) is 30.3 Å². The van der Waals surface area contributed by atoms with Crippen molar-refractivity contribution in [3.8, 4) is 0 Å². The van der Waals surface area contributed by atoms with Gasteiger partial charge in [-0.1, -0.05) is 36.4 Å². The van der Waals surface area contributed by atoms with Crippen LogP contribution < -0.4 is 5.32 Å². The summed E-state index contributed by atoms with van der Waals surface area (Å²) in [5.74, 6) is 0.533. The van der Waals surface area contributed by atoms with Gasteiger partial charge in [0.2, 0.25) is 0 Å². The van der Waals surface area contributed by atoms with Gasteiger partial charge in [-0.2, -0.15) is 0 Å². The van der Waals surface area contributed by atoms with Crippen LogP contribution in [0.15, 0.2) is 42.5 Å². The number of piperidine rings is 1. The fourth-order valence-corrected chi connectivity index (χ4v) is 4.40. The molecule has 0 spiro atoms. The van der Waals surface area contributed by atoms with Crippen LogP contribution in [-0.4, -0.2) is 52.9 Å². The number of nitrogens with one attached hydrogen (secondary N) is 1. The lowest BCUT2D eigenvalue weighted by Gasteiger charge is -2.33. The molecular weight excluding hydrogens is 368 g/mol. The third-order valence-corrected chi connectivity index (χ3v) is 6.03. The van der Waals surface area contributed by atoms with E-state index in [0.29, 0.717) is 30.9 Å². The molecule has 0 radical (unpaired) electrons. The van der Waals surface area contributed by atoms with Crippen molar-refractivity contribution in [2.45, 2.75) is 31.7 Å². The lowest BCUT2D eigenvalue weighted by atomic mass is 9.98. The number of nitrogens with zero attached hydrogens (tertiary/aromatic N) is 1. The number of rotatable bonds is 3. The summed E-state index contributed by atoms with van der Waals surface area (Å²) in [5, 5.41) is 22.4. The molecule has 2 aromatic rings. The number of amides is 1. The van der Waals surface area contributed by atoms with E-state index in [1.165, 1.54) is 5.56 Å². The number of carbonyl (C=O) groups is 1. The van der Waals surface area contributed by atoms with Crippen molar-refractivity contribution >= 4 is 22.9 Å². The standard InChI is InChI=1S/C23H24N2O4/c26-19-8-10-25(12-20(19)27)9-7-14-5-6-16-15(11-14)13-29-22(16)21-17-3-1-2-4-18(17)24-23(21)28/h1-6,11,19-20,26-27H,7-10,12-13H2,(H,24,28)/t19-,20+/m0/s1. The van der Waals surface area contributed by atoms with Crippen molar-refractivity contribution in [2.24, 2.45) is 0 Å². The zero-order valence-electron chi connectivity index (χ0n) is 16.1. The summed E-state index contributed by atoms with van der Waals surface area (Å²) in [6.45, 7) is 2.62. The Balaban J connectivity index is 1.35. The molecule has 3 heterocycles. The average molecular weight is 392 g/mol. The summed E-state index contributed by atoms with van der Waals surface area (Å²) in [4.78, 5) is 14.7. The molecule has 1 fully saturated rings. The predicted octanol–water partition coefficient (Wildman–Crippen LogP) is 2.01. The molecule has 150 valence electrons. The predicted molar refractivity (Wildman–Crippen MR) is 110 cm³/mol. The van der Waals surface area contributed by atoms with Gasteiger partial charge in [0.05, 0.1) is 17.8 Å². The number of fused-ring (bicyclic) bond motifs is 2. The first-order valence-electron chi connectivity index (χ1n) is 10.1. The number of benzene rings is 2. The van der Waals surface area contributed by atoms with Crippen molar-refractivity contribution < 1.29 is 19.7 Å². The van der Waals surface area contributed by atoms with E-state index in [2.05, 4.69) is 22.3 Å². The Bertz CT molecular complexity index is 1000. The number of β-amino-alcohol motifs (C(OH)–C–C–N with tert-alkyl or cyclic N) is 1.